The molecule has 2 fully saturated rings. The quantitative estimate of drug-likeness (QED) is 0.704. The second-order valence-corrected chi connectivity index (χ2v) is 9.82. The molecule has 0 atom stereocenters. The van der Waals surface area contributed by atoms with Crippen molar-refractivity contribution in [2.45, 2.75) is 23.9 Å². The summed E-state index contributed by atoms with van der Waals surface area (Å²) in [6.45, 7) is 2.38. The smallest absolute Gasteiger partial charge is 0.379 e. The number of hydrogen-bond donors (Lipinski definition) is 1. The Labute approximate surface area is 190 Å². The van der Waals surface area contributed by atoms with Gasteiger partial charge in [-0.1, -0.05) is 12.1 Å². The van der Waals surface area contributed by atoms with Crippen molar-refractivity contribution in [1.29, 1.82) is 0 Å². The zero-order valence-corrected chi connectivity index (χ0v) is 18.6. The van der Waals surface area contributed by atoms with Crippen LogP contribution in [0, 0.1) is 0 Å². The number of rotatable bonds is 5. The summed E-state index contributed by atoms with van der Waals surface area (Å²) in [6.07, 6.45) is -2.84. The van der Waals surface area contributed by atoms with Crippen LogP contribution in [0.2, 0.25) is 0 Å². The van der Waals surface area contributed by atoms with Crippen LogP contribution in [0.5, 0.6) is 0 Å². The number of alkyl halides is 3. The van der Waals surface area contributed by atoms with Crippen LogP contribution >= 0.6 is 0 Å². The number of morpholine rings is 1. The first-order valence-corrected chi connectivity index (χ1v) is 12.1. The van der Waals surface area contributed by atoms with Crippen LogP contribution in [0.25, 0.3) is 0 Å². The molecule has 1 amide bonds. The Morgan fingerprint density at radius 3 is 2.30 bits per heavy atom. The summed E-state index contributed by atoms with van der Waals surface area (Å²) in [6, 6.07) is 8.90. The van der Waals surface area contributed by atoms with Gasteiger partial charge in [-0.05, 0) is 43.2 Å². The number of benzene rings is 2. The van der Waals surface area contributed by atoms with Gasteiger partial charge in [-0.3, -0.25) is 4.79 Å². The van der Waals surface area contributed by atoms with E-state index in [0.29, 0.717) is 18.8 Å². The number of amides is 1. The van der Waals surface area contributed by atoms with Crippen LogP contribution in [0.15, 0.2) is 47.4 Å². The van der Waals surface area contributed by atoms with Crippen LogP contribution in [-0.2, 0) is 20.9 Å². The van der Waals surface area contributed by atoms with Crippen LogP contribution < -0.4 is 10.2 Å². The summed E-state index contributed by atoms with van der Waals surface area (Å²) in [7, 11) is -3.85. The molecule has 178 valence electrons. The van der Waals surface area contributed by atoms with Gasteiger partial charge in [-0.15, -0.1) is 0 Å². The molecule has 0 saturated carbocycles. The monoisotopic (exact) mass is 483 g/mol. The van der Waals surface area contributed by atoms with Crippen LogP contribution in [0.3, 0.4) is 0 Å². The maximum atomic E-state index is 13.4. The average molecular weight is 484 g/mol. The van der Waals surface area contributed by atoms with Gasteiger partial charge in [0.2, 0.25) is 10.0 Å². The third-order valence-electron chi connectivity index (χ3n) is 5.75. The molecule has 11 heteroatoms. The van der Waals surface area contributed by atoms with E-state index in [-0.39, 0.29) is 36.9 Å². The SMILES string of the molecule is O=C(Nc1cc(S(=O)(=O)N2CCOCC2)ccc1N1CCCC1)c1ccccc1C(F)(F)F. The van der Waals surface area contributed by atoms with Crippen LogP contribution in [0.1, 0.15) is 28.8 Å². The average Bonchev–Trinajstić information content (AvgIpc) is 3.34. The number of ether oxygens (including phenoxy) is 1. The Bertz CT molecular complexity index is 1130. The zero-order chi connectivity index (χ0) is 23.6. The molecule has 0 bridgehead atoms. The Hall–Kier alpha value is -2.63. The lowest BCUT2D eigenvalue weighted by Crippen LogP contribution is -2.40. The minimum atomic E-state index is -4.70. The molecule has 2 heterocycles. The summed E-state index contributed by atoms with van der Waals surface area (Å²) in [5, 5.41) is 2.54. The van der Waals surface area contributed by atoms with Crippen molar-refractivity contribution < 1.29 is 31.1 Å². The summed E-state index contributed by atoms with van der Waals surface area (Å²) in [4.78, 5) is 14.9. The van der Waals surface area contributed by atoms with Gasteiger partial charge in [0, 0.05) is 26.2 Å². The minimum Gasteiger partial charge on any atom is -0.379 e. The van der Waals surface area contributed by atoms with E-state index >= 15 is 0 Å². The molecule has 2 aliphatic rings. The van der Waals surface area contributed by atoms with E-state index in [4.69, 9.17) is 4.74 Å². The molecule has 2 saturated heterocycles. The van der Waals surface area contributed by atoms with Gasteiger partial charge in [0.05, 0.1) is 40.6 Å². The third kappa shape index (κ3) is 4.99. The van der Waals surface area contributed by atoms with E-state index in [9.17, 15) is 26.4 Å². The number of anilines is 2. The molecule has 2 aromatic rings. The number of carbonyl (C=O) groups excluding carboxylic acids is 1. The molecule has 7 nitrogen and oxygen atoms in total. The maximum Gasteiger partial charge on any atom is 0.417 e. The molecule has 4 rings (SSSR count). The first-order chi connectivity index (χ1) is 15.7. The topological polar surface area (TPSA) is 79.0 Å². The molecular weight excluding hydrogens is 459 g/mol. The summed E-state index contributed by atoms with van der Waals surface area (Å²) < 4.78 is 73.0. The summed E-state index contributed by atoms with van der Waals surface area (Å²) in [5.74, 6) is -0.954. The summed E-state index contributed by atoms with van der Waals surface area (Å²) >= 11 is 0. The lowest BCUT2D eigenvalue weighted by atomic mass is 10.1. The lowest BCUT2D eigenvalue weighted by molar-refractivity contribution is -0.137. The van der Waals surface area contributed by atoms with Gasteiger partial charge < -0.3 is 15.0 Å². The highest BCUT2D eigenvalue weighted by Gasteiger charge is 2.35. The van der Waals surface area contributed by atoms with Gasteiger partial charge in [0.25, 0.3) is 5.91 Å². The first-order valence-electron chi connectivity index (χ1n) is 10.6. The Balaban J connectivity index is 1.71. The maximum absolute atomic E-state index is 13.4. The third-order valence-corrected chi connectivity index (χ3v) is 7.64. The molecular formula is C22H24F3N3O4S. The molecule has 2 aromatic carbocycles. The molecule has 33 heavy (non-hydrogen) atoms. The van der Waals surface area contributed by atoms with Crippen molar-refractivity contribution in [3.63, 3.8) is 0 Å². The number of hydrogen-bond acceptors (Lipinski definition) is 5. The minimum absolute atomic E-state index is 0.0354. The van der Waals surface area contributed by atoms with E-state index in [1.807, 2.05) is 4.90 Å². The molecule has 1 N–H and O–H groups in total. The fraction of sp³-hybridized carbons (Fsp3) is 0.409. The predicted octanol–water partition coefficient (Wildman–Crippen LogP) is 3.58. The fourth-order valence-corrected chi connectivity index (χ4v) is 5.50. The van der Waals surface area contributed by atoms with Gasteiger partial charge in [0.15, 0.2) is 0 Å². The fourth-order valence-electron chi connectivity index (χ4n) is 4.06. The second-order valence-electron chi connectivity index (χ2n) is 7.89. The Morgan fingerprint density at radius 2 is 1.64 bits per heavy atom. The van der Waals surface area contributed by atoms with Crippen molar-refractivity contribution in [2.24, 2.45) is 0 Å². The van der Waals surface area contributed by atoms with E-state index in [2.05, 4.69) is 5.32 Å². The highest BCUT2D eigenvalue weighted by Crippen LogP contribution is 2.35. The van der Waals surface area contributed by atoms with Crippen molar-refractivity contribution >= 4 is 27.3 Å². The Kier molecular flexibility index (Phi) is 6.64. The van der Waals surface area contributed by atoms with Crippen molar-refractivity contribution in [3.8, 4) is 0 Å². The molecule has 0 unspecified atom stereocenters. The molecule has 2 aliphatic heterocycles. The van der Waals surface area contributed by atoms with Crippen molar-refractivity contribution in [1.82, 2.24) is 4.31 Å². The second kappa shape index (κ2) is 9.32. The van der Waals surface area contributed by atoms with E-state index in [0.717, 1.165) is 25.0 Å². The van der Waals surface area contributed by atoms with Gasteiger partial charge in [-0.2, -0.15) is 17.5 Å². The van der Waals surface area contributed by atoms with Gasteiger partial charge in [0.1, 0.15) is 0 Å². The van der Waals surface area contributed by atoms with Gasteiger partial charge in [-0.25, -0.2) is 8.42 Å². The predicted molar refractivity (Wildman–Crippen MR) is 117 cm³/mol. The molecule has 0 radical (unpaired) electrons. The molecule has 0 spiro atoms. The van der Waals surface area contributed by atoms with Crippen LogP contribution in [-0.4, -0.2) is 58.0 Å². The van der Waals surface area contributed by atoms with Crippen molar-refractivity contribution in [2.75, 3.05) is 49.6 Å². The number of nitrogens with zero attached hydrogens (tertiary/aromatic N) is 2. The normalized spacial score (nSPS) is 17.8. The first kappa shape index (κ1) is 23.5. The molecule has 0 aromatic heterocycles. The zero-order valence-electron chi connectivity index (χ0n) is 17.8. The molecule has 0 aliphatic carbocycles. The number of sulfonamides is 1. The standard InChI is InChI=1S/C22H24F3N3O4S/c23-22(24,25)18-6-2-1-5-17(18)21(29)26-19-15-16(7-8-20(19)27-9-3-4-10-27)33(30,31)28-11-13-32-14-12-28/h1-2,5-8,15H,3-4,9-14H2,(H,26,29). The Morgan fingerprint density at radius 1 is 0.970 bits per heavy atom. The largest absolute Gasteiger partial charge is 0.417 e. The van der Waals surface area contributed by atoms with Gasteiger partial charge >= 0.3 is 6.18 Å². The number of halogens is 3. The highest BCUT2D eigenvalue weighted by molar-refractivity contribution is 7.89. The lowest BCUT2D eigenvalue weighted by Gasteiger charge is -2.27. The van der Waals surface area contributed by atoms with Crippen LogP contribution in [0.4, 0.5) is 24.5 Å². The van der Waals surface area contributed by atoms with E-state index in [1.165, 1.54) is 28.6 Å². The highest BCUT2D eigenvalue weighted by atomic mass is 32.2. The van der Waals surface area contributed by atoms with E-state index in [1.54, 1.807) is 6.07 Å². The number of carbonyl (C=O) groups is 1. The van der Waals surface area contributed by atoms with Crippen molar-refractivity contribution in [3.05, 3.63) is 53.6 Å². The number of nitrogens with one attached hydrogen (secondary N) is 1. The van der Waals surface area contributed by atoms with E-state index < -0.39 is 33.2 Å². The summed E-state index contributed by atoms with van der Waals surface area (Å²) in [5.41, 5.74) is -0.847.